The Bertz CT molecular complexity index is 1490. The van der Waals surface area contributed by atoms with Crippen molar-refractivity contribution in [2.45, 2.75) is 46.1 Å². The molecule has 3 aromatic heterocycles. The fraction of sp³-hybridized carbons (Fsp3) is 0.407. The molecule has 186 valence electrons. The van der Waals surface area contributed by atoms with Crippen LogP contribution in [0.15, 0.2) is 35.1 Å². The van der Waals surface area contributed by atoms with Crippen LogP contribution in [0.3, 0.4) is 0 Å². The number of aryl methyl sites for hydroxylation is 4. The van der Waals surface area contributed by atoms with Crippen LogP contribution >= 0.6 is 11.3 Å². The molecule has 0 spiro atoms. The topological polar surface area (TPSA) is 87.1 Å². The van der Waals surface area contributed by atoms with Crippen molar-refractivity contribution in [1.82, 2.24) is 29.5 Å². The molecular formula is C27H30N6O2S. The van der Waals surface area contributed by atoms with Gasteiger partial charge in [-0.2, -0.15) is 5.10 Å². The van der Waals surface area contributed by atoms with E-state index < -0.39 is 0 Å². The molecule has 1 fully saturated rings. The summed E-state index contributed by atoms with van der Waals surface area (Å²) in [6.45, 7) is 7.39. The van der Waals surface area contributed by atoms with Crippen LogP contribution in [0.4, 0.5) is 0 Å². The van der Waals surface area contributed by atoms with E-state index in [4.69, 9.17) is 4.98 Å². The zero-order chi connectivity index (χ0) is 24.8. The van der Waals surface area contributed by atoms with E-state index in [0.717, 1.165) is 59.6 Å². The van der Waals surface area contributed by atoms with Crippen LogP contribution in [0, 0.1) is 13.8 Å². The summed E-state index contributed by atoms with van der Waals surface area (Å²) in [4.78, 5) is 40.1. The fourth-order valence-corrected chi connectivity index (χ4v) is 6.70. The molecule has 0 bridgehead atoms. The highest BCUT2D eigenvalue weighted by molar-refractivity contribution is 7.18. The number of aromatic amines is 1. The van der Waals surface area contributed by atoms with Crippen molar-refractivity contribution in [1.29, 1.82) is 0 Å². The van der Waals surface area contributed by atoms with Gasteiger partial charge in [0.2, 0.25) is 0 Å². The van der Waals surface area contributed by atoms with Crippen LogP contribution in [0.25, 0.3) is 15.9 Å². The monoisotopic (exact) mass is 502 g/mol. The second kappa shape index (κ2) is 9.29. The molecular weight excluding hydrogens is 472 g/mol. The van der Waals surface area contributed by atoms with Crippen molar-refractivity contribution in [2.24, 2.45) is 0 Å². The van der Waals surface area contributed by atoms with Gasteiger partial charge >= 0.3 is 0 Å². The number of piperazine rings is 1. The second-order valence-electron chi connectivity index (χ2n) is 9.86. The predicted octanol–water partition coefficient (Wildman–Crippen LogP) is 3.62. The maximum absolute atomic E-state index is 13.1. The summed E-state index contributed by atoms with van der Waals surface area (Å²) in [5, 5.41) is 5.32. The van der Waals surface area contributed by atoms with Gasteiger partial charge < -0.3 is 9.88 Å². The fourth-order valence-electron chi connectivity index (χ4n) is 5.42. The highest BCUT2D eigenvalue weighted by atomic mass is 32.1. The number of carbonyl (C=O) groups excluding carboxylic acids is 1. The summed E-state index contributed by atoms with van der Waals surface area (Å²) in [7, 11) is 0. The lowest BCUT2D eigenvalue weighted by Gasteiger charge is -2.34. The summed E-state index contributed by atoms with van der Waals surface area (Å²) in [5.41, 5.74) is 4.89. The van der Waals surface area contributed by atoms with Gasteiger partial charge in [0.1, 0.15) is 10.7 Å². The molecule has 0 saturated carbocycles. The molecule has 4 aromatic rings. The summed E-state index contributed by atoms with van der Waals surface area (Å²) in [5.74, 6) is 0.761. The molecule has 1 amide bonds. The van der Waals surface area contributed by atoms with E-state index in [1.807, 2.05) is 53.8 Å². The Morgan fingerprint density at radius 2 is 1.81 bits per heavy atom. The van der Waals surface area contributed by atoms with E-state index in [2.05, 4.69) is 15.0 Å². The summed E-state index contributed by atoms with van der Waals surface area (Å²) >= 11 is 1.69. The first-order chi connectivity index (χ1) is 17.5. The van der Waals surface area contributed by atoms with Crippen molar-refractivity contribution in [3.05, 3.63) is 73.9 Å². The average molecular weight is 503 g/mol. The number of nitrogens with zero attached hydrogens (tertiary/aromatic N) is 5. The number of amides is 1. The third kappa shape index (κ3) is 4.26. The first-order valence-corrected chi connectivity index (χ1v) is 13.5. The molecule has 4 heterocycles. The molecule has 0 unspecified atom stereocenters. The largest absolute Gasteiger partial charge is 0.336 e. The molecule has 2 aliphatic rings. The number of fused-ring (bicyclic) bond motifs is 3. The van der Waals surface area contributed by atoms with E-state index >= 15 is 0 Å². The van der Waals surface area contributed by atoms with Gasteiger partial charge in [0.15, 0.2) is 0 Å². The molecule has 0 atom stereocenters. The number of thiophene rings is 1. The van der Waals surface area contributed by atoms with Crippen molar-refractivity contribution < 1.29 is 4.79 Å². The van der Waals surface area contributed by atoms with Crippen molar-refractivity contribution >= 4 is 27.5 Å². The Kier molecular flexibility index (Phi) is 5.97. The Hall–Kier alpha value is -3.30. The van der Waals surface area contributed by atoms with Crippen molar-refractivity contribution in [3.63, 3.8) is 0 Å². The highest BCUT2D eigenvalue weighted by Crippen LogP contribution is 2.33. The Morgan fingerprint density at radius 1 is 1.06 bits per heavy atom. The standard InChI is InChI=1S/C27H30N6O2S/c1-17-15-18(2)33(30-17)20-9-7-19(8-10-20)27(35)32-13-11-31(12-14-32)16-23-28-25(34)24-21-5-3-4-6-22(21)36-26(24)29-23/h7-10,15H,3-6,11-14,16H2,1-2H3,(H,28,29,34). The SMILES string of the molecule is Cc1cc(C)n(-c2ccc(C(=O)N3CCN(Cc4nc5sc6c(c5c(=O)[nH]4)CCCC6)CC3)cc2)n1. The lowest BCUT2D eigenvalue weighted by Crippen LogP contribution is -2.48. The number of H-pyrrole nitrogens is 1. The van der Waals surface area contributed by atoms with E-state index in [9.17, 15) is 9.59 Å². The zero-order valence-electron chi connectivity index (χ0n) is 20.7. The number of nitrogens with one attached hydrogen (secondary N) is 1. The molecule has 1 N–H and O–H groups in total. The van der Waals surface area contributed by atoms with E-state index in [1.165, 1.54) is 16.9 Å². The summed E-state index contributed by atoms with van der Waals surface area (Å²) in [6, 6.07) is 9.69. The Morgan fingerprint density at radius 3 is 2.53 bits per heavy atom. The van der Waals surface area contributed by atoms with Gasteiger partial charge in [-0.25, -0.2) is 9.67 Å². The maximum atomic E-state index is 13.1. The highest BCUT2D eigenvalue weighted by Gasteiger charge is 2.24. The van der Waals surface area contributed by atoms with Gasteiger partial charge in [-0.3, -0.25) is 14.5 Å². The van der Waals surface area contributed by atoms with Crippen molar-refractivity contribution in [3.8, 4) is 5.69 Å². The number of benzene rings is 1. The van der Waals surface area contributed by atoms with Crippen LogP contribution in [0.1, 0.15) is 50.9 Å². The minimum Gasteiger partial charge on any atom is -0.336 e. The molecule has 1 aromatic carbocycles. The van der Waals surface area contributed by atoms with E-state index in [-0.39, 0.29) is 11.5 Å². The average Bonchev–Trinajstić information content (AvgIpc) is 3.43. The summed E-state index contributed by atoms with van der Waals surface area (Å²) in [6.07, 6.45) is 4.39. The van der Waals surface area contributed by atoms with Crippen LogP contribution in [-0.2, 0) is 19.4 Å². The molecule has 0 radical (unpaired) electrons. The molecule has 9 heteroatoms. The van der Waals surface area contributed by atoms with Gasteiger partial charge in [0.05, 0.1) is 23.3 Å². The van der Waals surface area contributed by atoms with Crippen LogP contribution in [0.2, 0.25) is 0 Å². The quantitative estimate of drug-likeness (QED) is 0.461. The minimum atomic E-state index is -0.00729. The molecule has 1 aliphatic heterocycles. The zero-order valence-corrected chi connectivity index (χ0v) is 21.5. The minimum absolute atomic E-state index is 0.00729. The third-order valence-corrected chi connectivity index (χ3v) is 8.46. The second-order valence-corrected chi connectivity index (χ2v) is 10.9. The number of hydrogen-bond donors (Lipinski definition) is 1. The van der Waals surface area contributed by atoms with Crippen LogP contribution in [-0.4, -0.2) is 61.6 Å². The predicted molar refractivity (Wildman–Crippen MR) is 141 cm³/mol. The normalized spacial score (nSPS) is 16.4. The van der Waals surface area contributed by atoms with Crippen LogP contribution < -0.4 is 5.56 Å². The van der Waals surface area contributed by atoms with Gasteiger partial charge in [0.25, 0.3) is 11.5 Å². The number of hydrogen-bond acceptors (Lipinski definition) is 6. The summed E-state index contributed by atoms with van der Waals surface area (Å²) < 4.78 is 1.89. The first-order valence-electron chi connectivity index (χ1n) is 12.6. The smallest absolute Gasteiger partial charge is 0.259 e. The van der Waals surface area contributed by atoms with Gasteiger partial charge in [-0.05, 0) is 75.4 Å². The number of carbonyl (C=O) groups is 1. The van der Waals surface area contributed by atoms with Gasteiger partial charge in [-0.1, -0.05) is 0 Å². The van der Waals surface area contributed by atoms with Crippen molar-refractivity contribution in [2.75, 3.05) is 26.2 Å². The Balaban J connectivity index is 1.10. The van der Waals surface area contributed by atoms with E-state index in [1.54, 1.807) is 11.3 Å². The molecule has 6 rings (SSSR count). The number of rotatable bonds is 4. The Labute approximate surface area is 213 Å². The molecule has 36 heavy (non-hydrogen) atoms. The first kappa shape index (κ1) is 23.1. The van der Waals surface area contributed by atoms with Gasteiger partial charge in [0, 0.05) is 42.3 Å². The lowest BCUT2D eigenvalue weighted by atomic mass is 9.97. The lowest BCUT2D eigenvalue weighted by molar-refractivity contribution is 0.0625. The third-order valence-electron chi connectivity index (χ3n) is 7.28. The van der Waals surface area contributed by atoms with Crippen LogP contribution in [0.5, 0.6) is 0 Å². The van der Waals surface area contributed by atoms with Gasteiger partial charge in [-0.15, -0.1) is 11.3 Å². The van der Waals surface area contributed by atoms with E-state index in [0.29, 0.717) is 31.0 Å². The molecule has 1 saturated heterocycles. The molecule has 1 aliphatic carbocycles. The molecule has 8 nitrogen and oxygen atoms in total. The maximum Gasteiger partial charge on any atom is 0.259 e. The number of aromatic nitrogens is 4.